The van der Waals surface area contributed by atoms with Crippen LogP contribution in [0.4, 0.5) is 0 Å². The minimum atomic E-state index is 0. The van der Waals surface area contributed by atoms with Gasteiger partial charge >= 0.3 is 0 Å². The van der Waals surface area contributed by atoms with Gasteiger partial charge in [0, 0.05) is 56.8 Å². The molecule has 1 aromatic carbocycles. The van der Waals surface area contributed by atoms with E-state index in [1.165, 1.54) is 0 Å². The number of ether oxygens (including phenoxy) is 3. The number of guanidine groups is 1. The van der Waals surface area contributed by atoms with E-state index in [1.807, 2.05) is 36.7 Å². The van der Waals surface area contributed by atoms with Crippen molar-refractivity contribution in [1.29, 1.82) is 0 Å². The zero-order valence-electron chi connectivity index (χ0n) is 16.3. The quantitative estimate of drug-likeness (QED) is 0.323. The van der Waals surface area contributed by atoms with Gasteiger partial charge in [-0.2, -0.15) is 0 Å². The molecule has 0 bridgehead atoms. The lowest BCUT2D eigenvalue weighted by molar-refractivity contribution is 0.368. The molecule has 0 atom stereocenters. The van der Waals surface area contributed by atoms with Crippen molar-refractivity contribution >= 4 is 29.9 Å². The summed E-state index contributed by atoms with van der Waals surface area (Å²) in [6, 6.07) is 7.76. The first-order chi connectivity index (χ1) is 12.7. The zero-order chi connectivity index (χ0) is 18.8. The van der Waals surface area contributed by atoms with Gasteiger partial charge in [0.15, 0.2) is 5.96 Å². The second-order valence-corrected chi connectivity index (χ2v) is 5.61. The van der Waals surface area contributed by atoms with Crippen molar-refractivity contribution in [2.24, 2.45) is 4.99 Å². The molecule has 2 aromatic rings. The second kappa shape index (κ2) is 12.3. The monoisotopic (exact) mass is 488 g/mol. The number of hydrogen-bond donors (Lipinski definition) is 2. The molecule has 1 aromatic heterocycles. The van der Waals surface area contributed by atoms with Crippen molar-refractivity contribution in [3.63, 3.8) is 0 Å². The first-order valence-corrected chi connectivity index (χ1v) is 8.56. The summed E-state index contributed by atoms with van der Waals surface area (Å²) in [6.07, 6.45) is 4.81. The Labute approximate surface area is 178 Å². The van der Waals surface area contributed by atoms with Crippen molar-refractivity contribution in [1.82, 2.24) is 15.2 Å². The molecule has 150 valence electrons. The molecular formula is C19H29IN4O3. The van der Waals surface area contributed by atoms with Crippen LogP contribution >= 0.6 is 24.0 Å². The van der Waals surface area contributed by atoms with Crippen LogP contribution in [0.2, 0.25) is 0 Å². The van der Waals surface area contributed by atoms with E-state index in [1.54, 1.807) is 28.4 Å². The minimum absolute atomic E-state index is 0. The summed E-state index contributed by atoms with van der Waals surface area (Å²) in [5.74, 6) is 2.97. The van der Waals surface area contributed by atoms with Crippen LogP contribution in [0, 0.1) is 0 Å². The summed E-state index contributed by atoms with van der Waals surface area (Å²) >= 11 is 0. The Morgan fingerprint density at radius 3 is 2.07 bits per heavy atom. The fourth-order valence-electron chi connectivity index (χ4n) is 2.67. The van der Waals surface area contributed by atoms with Gasteiger partial charge in [-0.05, 0) is 18.6 Å². The minimum Gasteiger partial charge on any atom is -0.496 e. The lowest BCUT2D eigenvalue weighted by atomic mass is 10.1. The summed E-state index contributed by atoms with van der Waals surface area (Å²) in [5.41, 5.74) is 0.992. The van der Waals surface area contributed by atoms with Crippen LogP contribution in [-0.4, -0.2) is 52.0 Å². The Morgan fingerprint density at radius 1 is 0.963 bits per heavy atom. The van der Waals surface area contributed by atoms with E-state index in [0.29, 0.717) is 12.3 Å². The Bertz CT molecular complexity index is 680. The van der Waals surface area contributed by atoms with Gasteiger partial charge in [0.1, 0.15) is 17.2 Å². The maximum Gasteiger partial charge on any atom is 0.191 e. The van der Waals surface area contributed by atoms with Crippen LogP contribution in [0.1, 0.15) is 5.56 Å². The molecule has 0 saturated heterocycles. The van der Waals surface area contributed by atoms with Crippen LogP contribution in [0.5, 0.6) is 17.2 Å². The maximum absolute atomic E-state index is 5.48. The van der Waals surface area contributed by atoms with Gasteiger partial charge in [0.2, 0.25) is 0 Å². The predicted octanol–water partition coefficient (Wildman–Crippen LogP) is 2.54. The molecule has 0 aliphatic carbocycles. The number of methoxy groups -OCH3 is 3. The molecule has 0 unspecified atom stereocenters. The second-order valence-electron chi connectivity index (χ2n) is 5.61. The van der Waals surface area contributed by atoms with Crippen molar-refractivity contribution in [2.75, 3.05) is 41.5 Å². The lowest BCUT2D eigenvalue weighted by Gasteiger charge is -2.16. The van der Waals surface area contributed by atoms with Gasteiger partial charge in [-0.1, -0.05) is 0 Å². The number of aromatic nitrogens is 1. The number of halogens is 1. The molecule has 0 fully saturated rings. The maximum atomic E-state index is 5.48. The zero-order valence-corrected chi connectivity index (χ0v) is 18.7. The average molecular weight is 488 g/mol. The smallest absolute Gasteiger partial charge is 0.191 e. The third-order valence-electron chi connectivity index (χ3n) is 4.04. The van der Waals surface area contributed by atoms with Crippen LogP contribution in [0.25, 0.3) is 0 Å². The number of nitrogens with one attached hydrogen (secondary N) is 2. The Kier molecular flexibility index (Phi) is 10.5. The molecule has 0 radical (unpaired) electrons. The van der Waals surface area contributed by atoms with E-state index in [9.17, 15) is 0 Å². The summed E-state index contributed by atoms with van der Waals surface area (Å²) in [7, 11) is 6.68. The molecule has 0 aliphatic rings. The molecular weight excluding hydrogens is 459 g/mol. The number of hydrogen-bond acceptors (Lipinski definition) is 4. The lowest BCUT2D eigenvalue weighted by Crippen LogP contribution is -2.39. The normalized spacial score (nSPS) is 10.7. The summed E-state index contributed by atoms with van der Waals surface area (Å²) in [5, 5.41) is 6.62. The fourth-order valence-corrected chi connectivity index (χ4v) is 2.67. The standard InChI is InChI=1S/C19H28N4O3.HI/c1-20-19(22-9-12-23-10-5-6-11-23)21-8-7-16-17(25-3)13-15(24-2)14-18(16)26-4;/h5-6,10-11,13-14H,7-9,12H2,1-4H3,(H2,20,21,22);1H. The van der Waals surface area contributed by atoms with E-state index in [-0.39, 0.29) is 24.0 Å². The van der Waals surface area contributed by atoms with Crippen molar-refractivity contribution in [3.8, 4) is 17.2 Å². The van der Waals surface area contributed by atoms with E-state index >= 15 is 0 Å². The van der Waals surface area contributed by atoms with Crippen LogP contribution in [0.15, 0.2) is 41.7 Å². The Balaban J connectivity index is 0.00000364. The highest BCUT2D eigenvalue weighted by molar-refractivity contribution is 14.0. The molecule has 8 heteroatoms. The molecule has 1 heterocycles. The number of benzene rings is 1. The van der Waals surface area contributed by atoms with E-state index in [2.05, 4.69) is 20.2 Å². The van der Waals surface area contributed by atoms with E-state index in [0.717, 1.165) is 42.5 Å². The topological polar surface area (TPSA) is 69.0 Å². The third-order valence-corrected chi connectivity index (χ3v) is 4.04. The highest BCUT2D eigenvalue weighted by atomic mass is 127. The van der Waals surface area contributed by atoms with E-state index < -0.39 is 0 Å². The SMILES string of the molecule is CN=C(NCCc1c(OC)cc(OC)cc1OC)NCCn1cccc1.I. The molecule has 27 heavy (non-hydrogen) atoms. The molecule has 2 N–H and O–H groups in total. The Morgan fingerprint density at radius 2 is 1.56 bits per heavy atom. The van der Waals surface area contributed by atoms with Gasteiger partial charge in [0.05, 0.1) is 21.3 Å². The molecule has 2 rings (SSSR count). The van der Waals surface area contributed by atoms with Crippen molar-refractivity contribution in [2.45, 2.75) is 13.0 Å². The van der Waals surface area contributed by atoms with Crippen molar-refractivity contribution < 1.29 is 14.2 Å². The van der Waals surface area contributed by atoms with Gasteiger partial charge in [0.25, 0.3) is 0 Å². The highest BCUT2D eigenvalue weighted by Gasteiger charge is 2.13. The summed E-state index contributed by atoms with van der Waals surface area (Å²) in [4.78, 5) is 4.25. The molecule has 0 spiro atoms. The first kappa shape index (κ1) is 22.9. The van der Waals surface area contributed by atoms with Gasteiger partial charge < -0.3 is 29.4 Å². The van der Waals surface area contributed by atoms with Gasteiger partial charge in [-0.25, -0.2) is 0 Å². The summed E-state index contributed by atoms with van der Waals surface area (Å²) < 4.78 is 18.4. The predicted molar refractivity (Wildman–Crippen MR) is 119 cm³/mol. The fraction of sp³-hybridized carbons (Fsp3) is 0.421. The number of rotatable bonds is 9. The molecule has 0 saturated carbocycles. The third kappa shape index (κ3) is 6.85. The van der Waals surface area contributed by atoms with Crippen LogP contribution in [0.3, 0.4) is 0 Å². The molecule has 0 aliphatic heterocycles. The number of nitrogens with zero attached hydrogens (tertiary/aromatic N) is 2. The largest absolute Gasteiger partial charge is 0.496 e. The van der Waals surface area contributed by atoms with Crippen LogP contribution in [-0.2, 0) is 13.0 Å². The average Bonchev–Trinajstić information content (AvgIpc) is 3.19. The number of aliphatic imine (C=N–C) groups is 1. The van der Waals surface area contributed by atoms with Gasteiger partial charge in [-0.15, -0.1) is 24.0 Å². The highest BCUT2D eigenvalue weighted by Crippen LogP contribution is 2.34. The van der Waals surface area contributed by atoms with Crippen LogP contribution < -0.4 is 24.8 Å². The molecule has 0 amide bonds. The first-order valence-electron chi connectivity index (χ1n) is 8.56. The van der Waals surface area contributed by atoms with Crippen molar-refractivity contribution in [3.05, 3.63) is 42.2 Å². The molecule has 7 nitrogen and oxygen atoms in total. The van der Waals surface area contributed by atoms with E-state index in [4.69, 9.17) is 14.2 Å². The summed E-state index contributed by atoms with van der Waals surface area (Å²) in [6.45, 7) is 2.37. The van der Waals surface area contributed by atoms with Gasteiger partial charge in [-0.3, -0.25) is 4.99 Å². The Hall–Kier alpha value is -2.10.